The number of fused-ring (bicyclic) bond motifs is 1. The number of thiazole rings is 1. The summed E-state index contributed by atoms with van der Waals surface area (Å²) in [6.07, 6.45) is 0. The minimum Gasteiger partial charge on any atom is -0.300 e. The summed E-state index contributed by atoms with van der Waals surface area (Å²) in [6.45, 7) is -0.198. The van der Waals surface area contributed by atoms with Crippen LogP contribution in [0, 0.1) is 0 Å². The quantitative estimate of drug-likeness (QED) is 0.569. The van der Waals surface area contributed by atoms with Crippen LogP contribution in [0.15, 0.2) is 65.5 Å². The van der Waals surface area contributed by atoms with Gasteiger partial charge in [0, 0.05) is 16.7 Å². The number of para-hydroxylation sites is 1. The van der Waals surface area contributed by atoms with Gasteiger partial charge in [-0.1, -0.05) is 47.2 Å². The minimum atomic E-state index is -0.364. The molecule has 0 radical (unpaired) electrons. The molecule has 2 heterocycles. The van der Waals surface area contributed by atoms with E-state index in [9.17, 15) is 9.59 Å². The third-order valence-electron chi connectivity index (χ3n) is 3.84. The van der Waals surface area contributed by atoms with Crippen molar-refractivity contribution in [1.29, 1.82) is 0 Å². The summed E-state index contributed by atoms with van der Waals surface area (Å²) in [4.78, 5) is 28.8. The fourth-order valence-electron chi connectivity index (χ4n) is 2.56. The Balaban J connectivity index is 1.54. The number of aromatic nitrogens is 3. The van der Waals surface area contributed by atoms with Gasteiger partial charge in [-0.2, -0.15) is 5.10 Å². The van der Waals surface area contributed by atoms with E-state index in [4.69, 9.17) is 11.6 Å². The van der Waals surface area contributed by atoms with Crippen LogP contribution >= 0.6 is 22.9 Å². The highest BCUT2D eigenvalue weighted by Gasteiger charge is 2.11. The van der Waals surface area contributed by atoms with Gasteiger partial charge in [0.2, 0.25) is 5.91 Å². The molecule has 1 amide bonds. The van der Waals surface area contributed by atoms with Gasteiger partial charge in [0.1, 0.15) is 6.54 Å². The molecule has 2 aromatic heterocycles. The molecule has 1 N–H and O–H groups in total. The van der Waals surface area contributed by atoms with Crippen molar-refractivity contribution in [3.63, 3.8) is 0 Å². The third kappa shape index (κ3) is 3.89. The molecule has 4 rings (SSSR count). The molecule has 0 aliphatic carbocycles. The first-order valence-electron chi connectivity index (χ1n) is 8.08. The average molecular weight is 397 g/mol. The summed E-state index contributed by atoms with van der Waals surface area (Å²) in [5.41, 5.74) is 1.85. The molecule has 0 aliphatic heterocycles. The molecule has 0 spiro atoms. The molecule has 0 saturated carbocycles. The lowest BCUT2D eigenvalue weighted by Crippen LogP contribution is -2.29. The van der Waals surface area contributed by atoms with Gasteiger partial charge in [0.05, 0.1) is 15.9 Å². The Morgan fingerprint density at radius 3 is 2.63 bits per heavy atom. The van der Waals surface area contributed by atoms with E-state index in [-0.39, 0.29) is 18.0 Å². The second kappa shape index (κ2) is 7.30. The van der Waals surface area contributed by atoms with Crippen molar-refractivity contribution in [3.8, 4) is 11.3 Å². The third-order valence-corrected chi connectivity index (χ3v) is 5.04. The summed E-state index contributed by atoms with van der Waals surface area (Å²) >= 11 is 7.28. The van der Waals surface area contributed by atoms with Crippen LogP contribution in [-0.2, 0) is 11.3 Å². The predicted molar refractivity (Wildman–Crippen MR) is 107 cm³/mol. The van der Waals surface area contributed by atoms with Gasteiger partial charge >= 0.3 is 0 Å². The molecule has 2 aromatic carbocycles. The van der Waals surface area contributed by atoms with E-state index in [1.165, 1.54) is 17.4 Å². The van der Waals surface area contributed by atoms with E-state index in [2.05, 4.69) is 15.4 Å². The molecule has 4 aromatic rings. The van der Waals surface area contributed by atoms with Crippen molar-refractivity contribution in [3.05, 3.63) is 76.0 Å². The van der Waals surface area contributed by atoms with E-state index in [1.807, 2.05) is 24.3 Å². The average Bonchev–Trinajstić information content (AvgIpc) is 3.06. The monoisotopic (exact) mass is 396 g/mol. The van der Waals surface area contributed by atoms with Gasteiger partial charge < -0.3 is 5.32 Å². The van der Waals surface area contributed by atoms with E-state index >= 15 is 0 Å². The zero-order valence-electron chi connectivity index (χ0n) is 13.9. The maximum Gasteiger partial charge on any atom is 0.267 e. The SMILES string of the molecule is O=C(Cn1nc(-c2ccc(Cl)cc2)ccc1=O)Nc1nc2ccccc2s1. The Hall–Kier alpha value is -3.03. The standard InChI is InChI=1S/C19H13ClN4O2S/c20-13-7-5-12(6-8-13)14-9-10-18(26)24(23-14)11-17(25)22-19-21-15-3-1-2-4-16(15)27-19/h1-10H,11H2,(H,21,22,25). The number of carbonyl (C=O) groups is 1. The van der Waals surface area contributed by atoms with Gasteiger partial charge in [-0.05, 0) is 30.3 Å². The Morgan fingerprint density at radius 1 is 1.07 bits per heavy atom. The number of rotatable bonds is 4. The first kappa shape index (κ1) is 17.4. The molecular formula is C19H13ClN4O2S. The number of nitrogens with one attached hydrogen (secondary N) is 1. The molecule has 6 nitrogen and oxygen atoms in total. The number of benzene rings is 2. The smallest absolute Gasteiger partial charge is 0.267 e. The van der Waals surface area contributed by atoms with E-state index in [0.29, 0.717) is 15.8 Å². The summed E-state index contributed by atoms with van der Waals surface area (Å²) in [7, 11) is 0. The highest BCUT2D eigenvalue weighted by atomic mass is 35.5. The second-order valence-electron chi connectivity index (χ2n) is 5.76. The molecule has 27 heavy (non-hydrogen) atoms. The zero-order valence-corrected chi connectivity index (χ0v) is 15.5. The normalized spacial score (nSPS) is 10.9. The van der Waals surface area contributed by atoms with Crippen molar-refractivity contribution in [2.24, 2.45) is 0 Å². The van der Waals surface area contributed by atoms with Gasteiger partial charge in [0.25, 0.3) is 5.56 Å². The second-order valence-corrected chi connectivity index (χ2v) is 7.22. The fourth-order valence-corrected chi connectivity index (χ4v) is 3.57. The molecule has 0 unspecified atom stereocenters. The van der Waals surface area contributed by atoms with Gasteiger partial charge in [-0.25, -0.2) is 9.67 Å². The van der Waals surface area contributed by atoms with E-state index in [1.54, 1.807) is 30.3 Å². The maximum absolute atomic E-state index is 12.3. The Labute approximate surface area is 163 Å². The predicted octanol–water partition coefficient (Wildman–Crippen LogP) is 3.81. The van der Waals surface area contributed by atoms with Crippen LogP contribution in [0.1, 0.15) is 0 Å². The Kier molecular flexibility index (Phi) is 4.70. The zero-order chi connectivity index (χ0) is 18.8. The summed E-state index contributed by atoms with van der Waals surface area (Å²) in [5, 5.41) is 8.11. The van der Waals surface area contributed by atoms with Crippen LogP contribution in [0.5, 0.6) is 0 Å². The lowest BCUT2D eigenvalue weighted by molar-refractivity contribution is -0.117. The topological polar surface area (TPSA) is 76.9 Å². The number of nitrogens with zero attached hydrogens (tertiary/aromatic N) is 3. The first-order chi connectivity index (χ1) is 13.1. The van der Waals surface area contributed by atoms with Crippen LogP contribution in [0.3, 0.4) is 0 Å². The van der Waals surface area contributed by atoms with Gasteiger partial charge in [-0.15, -0.1) is 0 Å². The van der Waals surface area contributed by atoms with E-state index in [0.717, 1.165) is 20.5 Å². The molecule has 0 fully saturated rings. The van der Waals surface area contributed by atoms with Crippen LogP contribution in [0.4, 0.5) is 5.13 Å². The van der Waals surface area contributed by atoms with Crippen LogP contribution in [0.2, 0.25) is 5.02 Å². The number of hydrogen-bond acceptors (Lipinski definition) is 5. The molecule has 0 bridgehead atoms. The molecule has 0 atom stereocenters. The lowest BCUT2D eigenvalue weighted by Gasteiger charge is -2.07. The minimum absolute atomic E-state index is 0.198. The number of amides is 1. The molecule has 0 aliphatic rings. The molecule has 8 heteroatoms. The van der Waals surface area contributed by atoms with Crippen molar-refractivity contribution in [1.82, 2.24) is 14.8 Å². The number of halogens is 1. The Morgan fingerprint density at radius 2 is 1.85 bits per heavy atom. The maximum atomic E-state index is 12.3. The van der Waals surface area contributed by atoms with Crippen LogP contribution in [0.25, 0.3) is 21.5 Å². The van der Waals surface area contributed by atoms with Gasteiger partial charge in [0.15, 0.2) is 5.13 Å². The number of hydrogen-bond donors (Lipinski definition) is 1. The van der Waals surface area contributed by atoms with Crippen molar-refractivity contribution in [2.45, 2.75) is 6.54 Å². The number of anilines is 1. The largest absolute Gasteiger partial charge is 0.300 e. The van der Waals surface area contributed by atoms with Gasteiger partial charge in [-0.3, -0.25) is 9.59 Å². The fraction of sp³-hybridized carbons (Fsp3) is 0.0526. The molecular weight excluding hydrogens is 384 g/mol. The van der Waals surface area contributed by atoms with Crippen LogP contribution in [-0.4, -0.2) is 20.7 Å². The summed E-state index contributed by atoms with van der Waals surface area (Å²) in [6, 6.07) is 17.7. The summed E-state index contributed by atoms with van der Waals surface area (Å²) in [5.74, 6) is -0.364. The Bertz CT molecular complexity index is 1150. The van der Waals surface area contributed by atoms with Crippen LogP contribution < -0.4 is 10.9 Å². The first-order valence-corrected chi connectivity index (χ1v) is 9.27. The van der Waals surface area contributed by atoms with Crippen molar-refractivity contribution in [2.75, 3.05) is 5.32 Å². The highest BCUT2D eigenvalue weighted by Crippen LogP contribution is 2.25. The van der Waals surface area contributed by atoms with Crippen molar-refractivity contribution < 1.29 is 4.79 Å². The highest BCUT2D eigenvalue weighted by molar-refractivity contribution is 7.22. The van der Waals surface area contributed by atoms with Crippen molar-refractivity contribution >= 4 is 44.2 Å². The molecule has 0 saturated heterocycles. The number of carbonyl (C=O) groups excluding carboxylic acids is 1. The molecule has 134 valence electrons. The van der Waals surface area contributed by atoms with E-state index < -0.39 is 0 Å². The summed E-state index contributed by atoms with van der Waals surface area (Å²) < 4.78 is 2.11. The lowest BCUT2D eigenvalue weighted by atomic mass is 10.1.